The molecule has 1 aliphatic rings. The van der Waals surface area contributed by atoms with Gasteiger partial charge in [-0.15, -0.1) is 11.3 Å². The number of carbonyl (C=O) groups excluding carboxylic acids is 2. The number of aliphatic hydroxyl groups is 1. The number of nitrogens with zero attached hydrogens (tertiary/aromatic N) is 1. The van der Waals surface area contributed by atoms with Gasteiger partial charge in [-0.2, -0.15) is 0 Å². The number of aliphatic hydroxyl groups excluding tert-OH is 1. The zero-order valence-corrected chi connectivity index (χ0v) is 18.1. The van der Waals surface area contributed by atoms with E-state index in [0.29, 0.717) is 17.9 Å². The molecule has 7 heteroatoms. The highest BCUT2D eigenvalue weighted by Crippen LogP contribution is 2.42. The SMILES string of the molecule is CCCOc1ccc(/C(O)=C2/C(=O)C(=O)N(Cc3ccco3)C2c2cccs2)cc1C. The maximum Gasteiger partial charge on any atom is 0.296 e. The van der Waals surface area contributed by atoms with Crippen molar-refractivity contribution in [2.45, 2.75) is 32.9 Å². The van der Waals surface area contributed by atoms with Gasteiger partial charge in [-0.05, 0) is 60.7 Å². The highest BCUT2D eigenvalue weighted by Gasteiger charge is 2.46. The molecule has 0 radical (unpaired) electrons. The van der Waals surface area contributed by atoms with E-state index in [1.807, 2.05) is 31.4 Å². The Kier molecular flexibility index (Phi) is 5.95. The lowest BCUT2D eigenvalue weighted by Gasteiger charge is -2.23. The Labute approximate surface area is 184 Å². The predicted molar refractivity (Wildman–Crippen MR) is 118 cm³/mol. The standard InChI is InChI=1S/C24H23NO5S/c1-3-10-30-18-9-8-16(13-15(18)2)22(26)20-21(19-7-5-12-31-19)25(24(28)23(20)27)14-17-6-4-11-29-17/h4-9,11-13,21,26H,3,10,14H2,1-2H3/b22-20-. The maximum atomic E-state index is 13.0. The van der Waals surface area contributed by atoms with Gasteiger partial charge in [0, 0.05) is 10.4 Å². The van der Waals surface area contributed by atoms with E-state index in [2.05, 4.69) is 0 Å². The first-order chi connectivity index (χ1) is 15.0. The molecule has 3 heterocycles. The van der Waals surface area contributed by atoms with Crippen LogP contribution in [0.3, 0.4) is 0 Å². The Morgan fingerprint density at radius 3 is 2.71 bits per heavy atom. The number of Topliss-reactive ketones (excluding diaryl/α,β-unsaturated/α-hetero) is 1. The van der Waals surface area contributed by atoms with Crippen molar-refractivity contribution in [2.24, 2.45) is 0 Å². The topological polar surface area (TPSA) is 80.0 Å². The number of amides is 1. The number of aryl methyl sites for hydroxylation is 1. The second-order valence-electron chi connectivity index (χ2n) is 7.35. The van der Waals surface area contributed by atoms with E-state index in [1.165, 1.54) is 22.5 Å². The number of rotatable bonds is 7. The van der Waals surface area contributed by atoms with Crippen molar-refractivity contribution in [1.82, 2.24) is 4.90 Å². The summed E-state index contributed by atoms with van der Waals surface area (Å²) in [6.07, 6.45) is 2.41. The van der Waals surface area contributed by atoms with Crippen molar-refractivity contribution >= 4 is 28.8 Å². The van der Waals surface area contributed by atoms with Crippen LogP contribution in [0.5, 0.6) is 5.75 Å². The average molecular weight is 438 g/mol. The molecular formula is C24H23NO5S. The van der Waals surface area contributed by atoms with E-state index >= 15 is 0 Å². The lowest BCUT2D eigenvalue weighted by Crippen LogP contribution is -2.28. The van der Waals surface area contributed by atoms with E-state index in [1.54, 1.807) is 30.3 Å². The van der Waals surface area contributed by atoms with Gasteiger partial charge in [0.05, 0.1) is 25.0 Å². The zero-order valence-electron chi connectivity index (χ0n) is 17.3. The average Bonchev–Trinajstić information content (AvgIpc) is 3.51. The van der Waals surface area contributed by atoms with Crippen molar-refractivity contribution in [3.8, 4) is 5.75 Å². The van der Waals surface area contributed by atoms with E-state index in [0.717, 1.165) is 22.6 Å². The third kappa shape index (κ3) is 4.01. The summed E-state index contributed by atoms with van der Waals surface area (Å²) < 4.78 is 11.1. The van der Waals surface area contributed by atoms with Crippen LogP contribution in [0, 0.1) is 6.92 Å². The summed E-state index contributed by atoms with van der Waals surface area (Å²) in [6.45, 7) is 4.65. The third-order valence-corrected chi connectivity index (χ3v) is 6.09. The first-order valence-electron chi connectivity index (χ1n) is 10.1. The first kappa shape index (κ1) is 20.9. The number of hydrogen-bond donors (Lipinski definition) is 1. The van der Waals surface area contributed by atoms with Gasteiger partial charge in [-0.3, -0.25) is 9.59 Å². The minimum atomic E-state index is -0.702. The molecule has 1 saturated heterocycles. The van der Waals surface area contributed by atoms with Crippen LogP contribution >= 0.6 is 11.3 Å². The van der Waals surface area contributed by atoms with Gasteiger partial charge in [0.2, 0.25) is 0 Å². The number of benzene rings is 1. The molecule has 1 aliphatic heterocycles. The van der Waals surface area contributed by atoms with Crippen molar-refractivity contribution < 1.29 is 23.8 Å². The minimum absolute atomic E-state index is 0.0839. The molecule has 1 unspecified atom stereocenters. The van der Waals surface area contributed by atoms with Gasteiger partial charge >= 0.3 is 0 Å². The van der Waals surface area contributed by atoms with Crippen LogP contribution < -0.4 is 4.74 Å². The van der Waals surface area contributed by atoms with Crippen molar-refractivity contribution in [1.29, 1.82) is 0 Å². The quantitative estimate of drug-likeness (QED) is 0.317. The highest BCUT2D eigenvalue weighted by atomic mass is 32.1. The fourth-order valence-corrected chi connectivity index (χ4v) is 4.53. The van der Waals surface area contributed by atoms with Crippen LogP contribution in [0.25, 0.3) is 5.76 Å². The smallest absolute Gasteiger partial charge is 0.296 e. The second-order valence-corrected chi connectivity index (χ2v) is 8.33. The summed E-state index contributed by atoms with van der Waals surface area (Å²) in [5.74, 6) is -0.255. The third-order valence-electron chi connectivity index (χ3n) is 5.17. The van der Waals surface area contributed by atoms with Gasteiger partial charge in [0.1, 0.15) is 23.3 Å². The normalized spacial score (nSPS) is 18.0. The summed E-state index contributed by atoms with van der Waals surface area (Å²) >= 11 is 1.43. The molecule has 0 saturated carbocycles. The molecule has 0 spiro atoms. The molecule has 160 valence electrons. The van der Waals surface area contributed by atoms with E-state index < -0.39 is 17.7 Å². The molecule has 4 rings (SSSR count). The number of ether oxygens (including phenoxy) is 1. The van der Waals surface area contributed by atoms with E-state index in [9.17, 15) is 14.7 Å². The Morgan fingerprint density at radius 1 is 1.23 bits per heavy atom. The number of ketones is 1. The van der Waals surface area contributed by atoms with Crippen LogP contribution in [0.15, 0.2) is 64.1 Å². The van der Waals surface area contributed by atoms with Gasteiger partial charge in [0.25, 0.3) is 11.7 Å². The molecule has 0 bridgehead atoms. The van der Waals surface area contributed by atoms with Crippen LogP contribution in [0.4, 0.5) is 0 Å². The monoisotopic (exact) mass is 437 g/mol. The predicted octanol–water partition coefficient (Wildman–Crippen LogP) is 5.06. The molecule has 1 atom stereocenters. The van der Waals surface area contributed by atoms with Crippen LogP contribution in [0.2, 0.25) is 0 Å². The molecular weight excluding hydrogens is 414 g/mol. The fourth-order valence-electron chi connectivity index (χ4n) is 3.68. The van der Waals surface area contributed by atoms with E-state index in [4.69, 9.17) is 9.15 Å². The summed E-state index contributed by atoms with van der Waals surface area (Å²) in [4.78, 5) is 28.1. The van der Waals surface area contributed by atoms with Gasteiger partial charge in [-0.25, -0.2) is 0 Å². The lowest BCUT2D eigenvalue weighted by molar-refractivity contribution is -0.140. The summed E-state index contributed by atoms with van der Waals surface area (Å²) in [5, 5.41) is 13.0. The molecule has 6 nitrogen and oxygen atoms in total. The molecule has 1 N–H and O–H groups in total. The van der Waals surface area contributed by atoms with Crippen LogP contribution in [-0.2, 0) is 16.1 Å². The number of thiophene rings is 1. The largest absolute Gasteiger partial charge is 0.507 e. The Morgan fingerprint density at radius 2 is 2.06 bits per heavy atom. The molecule has 1 fully saturated rings. The highest BCUT2D eigenvalue weighted by molar-refractivity contribution is 7.10. The molecule has 1 amide bonds. The maximum absolute atomic E-state index is 13.0. The number of carbonyl (C=O) groups is 2. The first-order valence-corrected chi connectivity index (χ1v) is 11.0. The number of hydrogen-bond acceptors (Lipinski definition) is 6. The summed E-state index contributed by atoms with van der Waals surface area (Å²) in [7, 11) is 0. The van der Waals surface area contributed by atoms with Gasteiger partial charge in [0.15, 0.2) is 0 Å². The van der Waals surface area contributed by atoms with Crippen LogP contribution in [-0.4, -0.2) is 28.3 Å². The number of likely N-dealkylation sites (tertiary alicyclic amines) is 1. The van der Waals surface area contributed by atoms with Gasteiger partial charge < -0.3 is 19.2 Å². The molecule has 31 heavy (non-hydrogen) atoms. The number of furan rings is 1. The van der Waals surface area contributed by atoms with Crippen molar-refractivity contribution in [3.05, 3.63) is 81.4 Å². The summed E-state index contributed by atoms with van der Waals surface area (Å²) in [5.41, 5.74) is 1.40. The Hall–Kier alpha value is -3.32. The van der Waals surface area contributed by atoms with Gasteiger partial charge in [-0.1, -0.05) is 13.0 Å². The molecule has 0 aliphatic carbocycles. The van der Waals surface area contributed by atoms with Crippen LogP contribution in [0.1, 0.15) is 41.2 Å². The molecule has 2 aromatic heterocycles. The fraction of sp³-hybridized carbons (Fsp3) is 0.250. The Bertz CT molecular complexity index is 1120. The minimum Gasteiger partial charge on any atom is -0.507 e. The summed E-state index contributed by atoms with van der Waals surface area (Å²) in [6, 6.07) is 11.8. The second kappa shape index (κ2) is 8.81. The molecule has 1 aromatic carbocycles. The zero-order chi connectivity index (χ0) is 22.0. The lowest BCUT2D eigenvalue weighted by atomic mass is 9.98. The van der Waals surface area contributed by atoms with Crippen molar-refractivity contribution in [3.63, 3.8) is 0 Å². The van der Waals surface area contributed by atoms with E-state index in [-0.39, 0.29) is 17.9 Å². The molecule has 3 aromatic rings. The van der Waals surface area contributed by atoms with Crippen molar-refractivity contribution in [2.75, 3.05) is 6.61 Å². The Balaban J connectivity index is 1.77.